The summed E-state index contributed by atoms with van der Waals surface area (Å²) in [7, 11) is 0. The number of carbonyl (C=O) groups is 1. The number of carbonyl (C=O) groups excluding carboxylic acids is 1. The largest absolute Gasteiger partial charge is 0.378 e. The van der Waals surface area contributed by atoms with E-state index in [4.69, 9.17) is 10.5 Å². The molecule has 3 rings (SSSR count). The van der Waals surface area contributed by atoms with E-state index in [9.17, 15) is 4.79 Å². The summed E-state index contributed by atoms with van der Waals surface area (Å²) in [6, 6.07) is 4.00. The molecular weight excluding hydrogens is 268 g/mol. The van der Waals surface area contributed by atoms with Crippen molar-refractivity contribution in [2.45, 2.75) is 31.3 Å². The van der Waals surface area contributed by atoms with Gasteiger partial charge in [-0.15, -0.1) is 0 Å². The lowest BCUT2D eigenvalue weighted by Crippen LogP contribution is -2.58. The van der Waals surface area contributed by atoms with Gasteiger partial charge in [0, 0.05) is 25.8 Å². The first-order valence-corrected chi connectivity index (χ1v) is 7.52. The quantitative estimate of drug-likeness (QED) is 0.840. The summed E-state index contributed by atoms with van der Waals surface area (Å²) in [4.78, 5) is 18.6. The van der Waals surface area contributed by atoms with Crippen molar-refractivity contribution >= 4 is 11.7 Å². The van der Waals surface area contributed by atoms with Crippen LogP contribution in [0.25, 0.3) is 0 Å². The van der Waals surface area contributed by atoms with E-state index < -0.39 is 5.54 Å². The van der Waals surface area contributed by atoms with Crippen molar-refractivity contribution in [3.05, 3.63) is 23.9 Å². The average Bonchev–Trinajstić information content (AvgIpc) is 2.51. The van der Waals surface area contributed by atoms with Gasteiger partial charge in [0.15, 0.2) is 0 Å². The molecule has 1 saturated carbocycles. The molecule has 114 valence electrons. The third-order valence-electron chi connectivity index (χ3n) is 4.30. The zero-order valence-electron chi connectivity index (χ0n) is 12.2. The normalized spacial score (nSPS) is 20.7. The Hall–Kier alpha value is -1.66. The SMILES string of the molecule is NC1(C(=O)NCc2ccc(N3CCOCC3)nc2)CCC1. The van der Waals surface area contributed by atoms with Crippen LogP contribution in [0.15, 0.2) is 18.3 Å². The van der Waals surface area contributed by atoms with Gasteiger partial charge in [-0.1, -0.05) is 6.07 Å². The van der Waals surface area contributed by atoms with Crippen LogP contribution in [0.2, 0.25) is 0 Å². The molecule has 1 aliphatic heterocycles. The average molecular weight is 290 g/mol. The molecule has 1 saturated heterocycles. The Morgan fingerprint density at radius 3 is 2.71 bits per heavy atom. The number of rotatable bonds is 4. The van der Waals surface area contributed by atoms with E-state index >= 15 is 0 Å². The number of pyridine rings is 1. The fraction of sp³-hybridized carbons (Fsp3) is 0.600. The van der Waals surface area contributed by atoms with Crippen LogP contribution in [0.1, 0.15) is 24.8 Å². The number of anilines is 1. The second kappa shape index (κ2) is 5.99. The van der Waals surface area contributed by atoms with Gasteiger partial charge >= 0.3 is 0 Å². The van der Waals surface area contributed by atoms with Crippen molar-refractivity contribution in [2.24, 2.45) is 5.73 Å². The summed E-state index contributed by atoms with van der Waals surface area (Å²) in [5.74, 6) is 0.911. The smallest absolute Gasteiger partial charge is 0.240 e. The molecule has 0 aromatic carbocycles. The summed E-state index contributed by atoms with van der Waals surface area (Å²) >= 11 is 0. The Bertz CT molecular complexity index is 493. The summed E-state index contributed by atoms with van der Waals surface area (Å²) in [6.07, 6.45) is 4.43. The molecule has 2 aliphatic rings. The minimum Gasteiger partial charge on any atom is -0.378 e. The van der Waals surface area contributed by atoms with Gasteiger partial charge in [-0.05, 0) is 30.9 Å². The predicted molar refractivity (Wildman–Crippen MR) is 79.9 cm³/mol. The first kappa shape index (κ1) is 14.3. The number of ether oxygens (including phenoxy) is 1. The van der Waals surface area contributed by atoms with Gasteiger partial charge < -0.3 is 20.7 Å². The maximum absolute atomic E-state index is 12.0. The summed E-state index contributed by atoms with van der Waals surface area (Å²) in [5.41, 5.74) is 6.34. The number of hydrogen-bond donors (Lipinski definition) is 2. The van der Waals surface area contributed by atoms with Gasteiger partial charge in [-0.25, -0.2) is 4.98 Å². The number of nitrogens with two attached hydrogens (primary N) is 1. The first-order valence-electron chi connectivity index (χ1n) is 7.52. The minimum absolute atomic E-state index is 0.0500. The lowest BCUT2D eigenvalue weighted by Gasteiger charge is -2.36. The van der Waals surface area contributed by atoms with Gasteiger partial charge in [0.05, 0.1) is 18.8 Å². The standard InChI is InChI=1S/C15H22N4O2/c16-15(4-1-5-15)14(20)18-11-12-2-3-13(17-10-12)19-6-8-21-9-7-19/h2-3,10H,1,4-9,11,16H2,(H,18,20). The number of morpholine rings is 1. The summed E-state index contributed by atoms with van der Waals surface area (Å²) in [5, 5.41) is 2.90. The van der Waals surface area contributed by atoms with Crippen molar-refractivity contribution in [2.75, 3.05) is 31.2 Å². The summed E-state index contributed by atoms with van der Waals surface area (Å²) in [6.45, 7) is 3.72. The van der Waals surface area contributed by atoms with Gasteiger partial charge in [0.1, 0.15) is 5.82 Å². The van der Waals surface area contributed by atoms with Gasteiger partial charge in [0.25, 0.3) is 0 Å². The second-order valence-corrected chi connectivity index (χ2v) is 5.82. The topological polar surface area (TPSA) is 80.5 Å². The van der Waals surface area contributed by atoms with Crippen molar-refractivity contribution < 1.29 is 9.53 Å². The first-order chi connectivity index (χ1) is 10.2. The summed E-state index contributed by atoms with van der Waals surface area (Å²) < 4.78 is 5.33. The highest BCUT2D eigenvalue weighted by Crippen LogP contribution is 2.29. The molecule has 21 heavy (non-hydrogen) atoms. The number of hydrogen-bond acceptors (Lipinski definition) is 5. The van der Waals surface area contributed by atoms with Crippen molar-refractivity contribution in [1.82, 2.24) is 10.3 Å². The van der Waals surface area contributed by atoms with Gasteiger partial charge in [-0.3, -0.25) is 4.79 Å². The van der Waals surface area contributed by atoms with Crippen LogP contribution in [0.4, 0.5) is 5.82 Å². The van der Waals surface area contributed by atoms with Crippen LogP contribution in [-0.2, 0) is 16.1 Å². The number of amides is 1. The zero-order chi connectivity index (χ0) is 14.7. The Labute approximate surface area is 124 Å². The fourth-order valence-corrected chi connectivity index (χ4v) is 2.64. The Balaban J connectivity index is 1.53. The van der Waals surface area contributed by atoms with Crippen LogP contribution < -0.4 is 16.0 Å². The Morgan fingerprint density at radius 1 is 1.38 bits per heavy atom. The van der Waals surface area contributed by atoms with Crippen LogP contribution in [0.3, 0.4) is 0 Å². The minimum atomic E-state index is -0.638. The van der Waals surface area contributed by atoms with Gasteiger partial charge in [-0.2, -0.15) is 0 Å². The molecule has 1 aliphatic carbocycles. The lowest BCUT2D eigenvalue weighted by atomic mass is 9.77. The molecule has 2 fully saturated rings. The van der Waals surface area contributed by atoms with E-state index in [0.29, 0.717) is 6.54 Å². The molecule has 3 N–H and O–H groups in total. The molecule has 0 bridgehead atoms. The van der Waals surface area contributed by atoms with Crippen molar-refractivity contribution in [1.29, 1.82) is 0 Å². The van der Waals surface area contributed by atoms with Crippen LogP contribution in [-0.4, -0.2) is 42.7 Å². The highest BCUT2D eigenvalue weighted by Gasteiger charge is 2.39. The highest BCUT2D eigenvalue weighted by molar-refractivity contribution is 5.86. The van der Waals surface area contributed by atoms with Crippen LogP contribution >= 0.6 is 0 Å². The molecule has 1 amide bonds. The maximum atomic E-state index is 12.0. The second-order valence-electron chi connectivity index (χ2n) is 5.82. The van der Waals surface area contributed by atoms with Crippen molar-refractivity contribution in [3.63, 3.8) is 0 Å². The van der Waals surface area contributed by atoms with E-state index in [1.165, 1.54) is 0 Å². The third-order valence-corrected chi connectivity index (χ3v) is 4.30. The monoisotopic (exact) mass is 290 g/mol. The highest BCUT2D eigenvalue weighted by atomic mass is 16.5. The predicted octanol–water partition coefficient (Wildman–Crippen LogP) is 0.416. The molecule has 0 spiro atoms. The molecule has 6 heteroatoms. The van der Waals surface area contributed by atoms with Gasteiger partial charge in [0.2, 0.25) is 5.91 Å². The maximum Gasteiger partial charge on any atom is 0.240 e. The molecule has 6 nitrogen and oxygen atoms in total. The molecule has 1 aromatic heterocycles. The van der Waals surface area contributed by atoms with E-state index in [-0.39, 0.29) is 5.91 Å². The number of nitrogens with one attached hydrogen (secondary N) is 1. The van der Waals surface area contributed by atoms with E-state index in [2.05, 4.69) is 15.2 Å². The molecule has 0 atom stereocenters. The molecular formula is C15H22N4O2. The van der Waals surface area contributed by atoms with Crippen LogP contribution in [0.5, 0.6) is 0 Å². The fourth-order valence-electron chi connectivity index (χ4n) is 2.64. The lowest BCUT2D eigenvalue weighted by molar-refractivity contribution is -0.129. The molecule has 2 heterocycles. The Morgan fingerprint density at radius 2 is 2.14 bits per heavy atom. The number of nitrogens with zero attached hydrogens (tertiary/aromatic N) is 2. The van der Waals surface area contributed by atoms with E-state index in [1.807, 2.05) is 18.3 Å². The Kier molecular flexibility index (Phi) is 4.07. The van der Waals surface area contributed by atoms with E-state index in [0.717, 1.165) is 56.9 Å². The molecule has 0 radical (unpaired) electrons. The van der Waals surface area contributed by atoms with Crippen molar-refractivity contribution in [3.8, 4) is 0 Å². The third kappa shape index (κ3) is 3.16. The van der Waals surface area contributed by atoms with Crippen LogP contribution in [0, 0.1) is 0 Å². The molecule has 1 aromatic rings. The van der Waals surface area contributed by atoms with E-state index in [1.54, 1.807) is 0 Å². The number of aromatic nitrogens is 1. The molecule has 0 unspecified atom stereocenters. The zero-order valence-corrected chi connectivity index (χ0v) is 12.2.